The molecular weight excluding hydrogens is 360 g/mol. The molecule has 0 fully saturated rings. The Balaban J connectivity index is 1.72. The van der Waals surface area contributed by atoms with E-state index in [1.807, 2.05) is 35.9 Å². The molecule has 5 heteroatoms. The number of carbonyl (C=O) groups excluding carboxylic acids is 1. The van der Waals surface area contributed by atoms with Gasteiger partial charge in [-0.05, 0) is 54.7 Å². The molecule has 0 saturated carbocycles. The van der Waals surface area contributed by atoms with Crippen LogP contribution in [0.5, 0.6) is 0 Å². The van der Waals surface area contributed by atoms with Crippen molar-refractivity contribution >= 4 is 33.7 Å². The highest BCUT2D eigenvalue weighted by molar-refractivity contribution is 6.08. The van der Waals surface area contributed by atoms with E-state index >= 15 is 0 Å². The van der Waals surface area contributed by atoms with Crippen molar-refractivity contribution in [1.29, 1.82) is 0 Å². The van der Waals surface area contributed by atoms with Crippen LogP contribution in [0, 0.1) is 6.92 Å². The minimum atomic E-state index is -0.169. The third-order valence-corrected chi connectivity index (χ3v) is 5.22. The van der Waals surface area contributed by atoms with Gasteiger partial charge in [-0.2, -0.15) is 5.10 Å². The Labute approximate surface area is 170 Å². The number of nitrogens with one attached hydrogen (secondary N) is 1. The van der Waals surface area contributed by atoms with E-state index in [1.165, 1.54) is 11.1 Å². The van der Waals surface area contributed by atoms with E-state index in [9.17, 15) is 4.79 Å². The summed E-state index contributed by atoms with van der Waals surface area (Å²) < 4.78 is 1.83. The summed E-state index contributed by atoms with van der Waals surface area (Å²) in [5.74, 6) is 0.374. The predicted octanol–water partition coefficient (Wildman–Crippen LogP) is 5.46. The summed E-state index contributed by atoms with van der Waals surface area (Å²) in [6, 6.07) is 16.0. The molecule has 4 aromatic rings. The maximum Gasteiger partial charge on any atom is 0.256 e. The van der Waals surface area contributed by atoms with Crippen molar-refractivity contribution in [2.45, 2.75) is 46.6 Å². The SMILES string of the molecule is CCn1nc(NC(=O)c2ccc(C(C)(C)C)cc2)c2cc3ccc(C)cc3nc21. The minimum Gasteiger partial charge on any atom is -0.305 e. The number of hydrogen-bond donors (Lipinski definition) is 1. The van der Waals surface area contributed by atoms with Crippen LogP contribution in [0.2, 0.25) is 0 Å². The number of aromatic nitrogens is 3. The Hall–Kier alpha value is -3.21. The fourth-order valence-corrected chi connectivity index (χ4v) is 3.47. The average Bonchev–Trinajstić information content (AvgIpc) is 3.02. The predicted molar refractivity (Wildman–Crippen MR) is 119 cm³/mol. The molecule has 4 rings (SSSR count). The topological polar surface area (TPSA) is 59.8 Å². The molecule has 0 aliphatic carbocycles. The van der Waals surface area contributed by atoms with Crippen LogP contribution in [0.15, 0.2) is 48.5 Å². The third kappa shape index (κ3) is 3.60. The first kappa shape index (κ1) is 19.1. The Morgan fingerprint density at radius 2 is 1.79 bits per heavy atom. The van der Waals surface area contributed by atoms with Crippen LogP contribution in [0.25, 0.3) is 21.9 Å². The van der Waals surface area contributed by atoms with Crippen LogP contribution >= 0.6 is 0 Å². The summed E-state index contributed by atoms with van der Waals surface area (Å²) in [5.41, 5.74) is 4.74. The standard InChI is InChI=1S/C24H26N4O/c1-6-28-22-19(14-17-8-7-15(2)13-20(17)25-22)21(27-28)26-23(29)16-9-11-18(12-10-16)24(3,4)5/h7-14H,6H2,1-5H3,(H,26,27,29). The number of fused-ring (bicyclic) bond motifs is 2. The zero-order chi connectivity index (χ0) is 20.8. The van der Waals surface area contributed by atoms with Crippen LogP contribution in [-0.2, 0) is 12.0 Å². The molecule has 0 spiro atoms. The largest absolute Gasteiger partial charge is 0.305 e. The molecule has 1 amide bonds. The Morgan fingerprint density at radius 1 is 1.07 bits per heavy atom. The van der Waals surface area contributed by atoms with Crippen molar-refractivity contribution in [3.05, 3.63) is 65.2 Å². The molecule has 0 unspecified atom stereocenters. The summed E-state index contributed by atoms with van der Waals surface area (Å²) in [6.45, 7) is 11.2. The van der Waals surface area contributed by atoms with Gasteiger partial charge in [-0.1, -0.05) is 45.0 Å². The number of benzene rings is 2. The van der Waals surface area contributed by atoms with E-state index in [0.29, 0.717) is 17.9 Å². The van der Waals surface area contributed by atoms with E-state index in [-0.39, 0.29) is 11.3 Å². The second-order valence-corrected chi connectivity index (χ2v) is 8.50. The van der Waals surface area contributed by atoms with Gasteiger partial charge in [0.25, 0.3) is 5.91 Å². The van der Waals surface area contributed by atoms with E-state index < -0.39 is 0 Å². The second-order valence-electron chi connectivity index (χ2n) is 8.50. The maximum atomic E-state index is 12.8. The Morgan fingerprint density at radius 3 is 2.45 bits per heavy atom. The van der Waals surface area contributed by atoms with Gasteiger partial charge in [-0.15, -0.1) is 0 Å². The first-order chi connectivity index (χ1) is 13.8. The lowest BCUT2D eigenvalue weighted by atomic mass is 9.87. The van der Waals surface area contributed by atoms with Crippen LogP contribution in [0.1, 0.15) is 49.2 Å². The van der Waals surface area contributed by atoms with E-state index in [0.717, 1.165) is 21.9 Å². The number of carbonyl (C=O) groups is 1. The fourth-order valence-electron chi connectivity index (χ4n) is 3.47. The van der Waals surface area contributed by atoms with Gasteiger partial charge in [0.05, 0.1) is 10.9 Å². The quantitative estimate of drug-likeness (QED) is 0.508. The van der Waals surface area contributed by atoms with Crippen LogP contribution < -0.4 is 5.32 Å². The van der Waals surface area contributed by atoms with Gasteiger partial charge in [0, 0.05) is 17.5 Å². The van der Waals surface area contributed by atoms with E-state index in [2.05, 4.69) is 62.4 Å². The van der Waals surface area contributed by atoms with Gasteiger partial charge in [0.15, 0.2) is 11.5 Å². The average molecular weight is 386 g/mol. The number of hydrogen-bond acceptors (Lipinski definition) is 3. The van der Waals surface area contributed by atoms with Crippen molar-refractivity contribution < 1.29 is 4.79 Å². The number of nitrogens with zero attached hydrogens (tertiary/aromatic N) is 3. The van der Waals surface area contributed by atoms with Crippen molar-refractivity contribution in [1.82, 2.24) is 14.8 Å². The van der Waals surface area contributed by atoms with E-state index in [4.69, 9.17) is 4.98 Å². The number of anilines is 1. The second kappa shape index (κ2) is 6.99. The van der Waals surface area contributed by atoms with Crippen LogP contribution in [-0.4, -0.2) is 20.7 Å². The molecule has 2 aromatic carbocycles. The van der Waals surface area contributed by atoms with Gasteiger partial charge in [-0.25, -0.2) is 9.67 Å². The normalized spacial score (nSPS) is 11.9. The third-order valence-electron chi connectivity index (χ3n) is 5.22. The zero-order valence-electron chi connectivity index (χ0n) is 17.6. The van der Waals surface area contributed by atoms with Crippen molar-refractivity contribution in [2.75, 3.05) is 5.32 Å². The molecule has 29 heavy (non-hydrogen) atoms. The Bertz CT molecular complexity index is 1210. The van der Waals surface area contributed by atoms with Gasteiger partial charge in [0.1, 0.15) is 0 Å². The summed E-state index contributed by atoms with van der Waals surface area (Å²) in [5, 5.41) is 9.46. The smallest absolute Gasteiger partial charge is 0.256 e. The molecule has 2 heterocycles. The monoisotopic (exact) mass is 386 g/mol. The van der Waals surface area contributed by atoms with Gasteiger partial charge in [-0.3, -0.25) is 4.79 Å². The first-order valence-electron chi connectivity index (χ1n) is 9.96. The number of amides is 1. The summed E-state index contributed by atoms with van der Waals surface area (Å²) >= 11 is 0. The van der Waals surface area contributed by atoms with Crippen molar-refractivity contribution in [3.63, 3.8) is 0 Å². The minimum absolute atomic E-state index is 0.0518. The first-order valence-corrected chi connectivity index (χ1v) is 9.96. The molecule has 0 aliphatic heterocycles. The highest BCUT2D eigenvalue weighted by Crippen LogP contribution is 2.27. The summed E-state index contributed by atoms with van der Waals surface area (Å²) in [7, 11) is 0. The summed E-state index contributed by atoms with van der Waals surface area (Å²) in [6.07, 6.45) is 0. The molecule has 0 saturated heterocycles. The van der Waals surface area contributed by atoms with Crippen molar-refractivity contribution in [2.24, 2.45) is 0 Å². The lowest BCUT2D eigenvalue weighted by Crippen LogP contribution is -2.15. The molecular formula is C24H26N4O. The Kier molecular flexibility index (Phi) is 4.61. The number of rotatable bonds is 3. The summed E-state index contributed by atoms with van der Waals surface area (Å²) in [4.78, 5) is 17.6. The van der Waals surface area contributed by atoms with Crippen LogP contribution in [0.3, 0.4) is 0 Å². The van der Waals surface area contributed by atoms with E-state index in [1.54, 1.807) is 0 Å². The lowest BCUT2D eigenvalue weighted by molar-refractivity contribution is 0.102. The molecule has 0 radical (unpaired) electrons. The highest BCUT2D eigenvalue weighted by atomic mass is 16.1. The molecule has 148 valence electrons. The number of aryl methyl sites for hydroxylation is 2. The molecule has 0 atom stereocenters. The van der Waals surface area contributed by atoms with Gasteiger partial charge >= 0.3 is 0 Å². The van der Waals surface area contributed by atoms with Gasteiger partial charge < -0.3 is 5.32 Å². The highest BCUT2D eigenvalue weighted by Gasteiger charge is 2.17. The molecule has 2 aromatic heterocycles. The number of pyridine rings is 1. The molecule has 1 N–H and O–H groups in total. The van der Waals surface area contributed by atoms with Crippen LogP contribution in [0.4, 0.5) is 5.82 Å². The van der Waals surface area contributed by atoms with Gasteiger partial charge in [0.2, 0.25) is 0 Å². The molecule has 0 aliphatic rings. The lowest BCUT2D eigenvalue weighted by Gasteiger charge is -2.18. The fraction of sp³-hybridized carbons (Fsp3) is 0.292. The zero-order valence-corrected chi connectivity index (χ0v) is 17.6. The van der Waals surface area contributed by atoms with Crippen molar-refractivity contribution in [3.8, 4) is 0 Å². The molecule has 0 bridgehead atoms. The molecule has 5 nitrogen and oxygen atoms in total. The maximum absolute atomic E-state index is 12.8.